The number of fused-ring (bicyclic) bond motifs is 1. The molecule has 106 valence electrons. The maximum atomic E-state index is 5.88. The summed E-state index contributed by atoms with van der Waals surface area (Å²) in [6, 6.07) is 6.49. The van der Waals surface area contributed by atoms with E-state index in [0.717, 1.165) is 18.7 Å². The van der Waals surface area contributed by atoms with Gasteiger partial charge in [-0.2, -0.15) is 0 Å². The highest BCUT2D eigenvalue weighted by molar-refractivity contribution is 14.0. The smallest absolute Gasteiger partial charge is 0.193 e. The van der Waals surface area contributed by atoms with Crippen molar-refractivity contribution in [3.63, 3.8) is 0 Å². The number of nitrogens with one attached hydrogen (secondary N) is 1. The number of rotatable bonds is 4. The number of aliphatic imine (C=N–C) groups is 1. The molecule has 4 heteroatoms. The van der Waals surface area contributed by atoms with E-state index in [9.17, 15) is 0 Å². The minimum atomic E-state index is 0. The molecule has 0 bridgehead atoms. The van der Waals surface area contributed by atoms with E-state index in [1.54, 1.807) is 0 Å². The Labute approximate surface area is 133 Å². The Kier molecular flexibility index (Phi) is 6.62. The lowest BCUT2D eigenvalue weighted by Crippen LogP contribution is -2.23. The number of anilines is 1. The molecule has 1 aromatic rings. The third-order valence-corrected chi connectivity index (χ3v) is 3.36. The number of hydrogen-bond donors (Lipinski definition) is 2. The van der Waals surface area contributed by atoms with Crippen LogP contribution in [0.5, 0.6) is 0 Å². The van der Waals surface area contributed by atoms with E-state index in [0.29, 0.717) is 11.9 Å². The van der Waals surface area contributed by atoms with Crippen LogP contribution in [-0.4, -0.2) is 12.5 Å². The summed E-state index contributed by atoms with van der Waals surface area (Å²) in [4.78, 5) is 4.34. The van der Waals surface area contributed by atoms with Crippen LogP contribution in [0.1, 0.15) is 37.8 Å². The van der Waals surface area contributed by atoms with Gasteiger partial charge in [0.1, 0.15) is 0 Å². The monoisotopic (exact) mass is 373 g/mol. The number of halogens is 1. The largest absolute Gasteiger partial charge is 0.370 e. The second-order valence-corrected chi connectivity index (χ2v) is 5.41. The molecular weight excluding hydrogens is 349 g/mol. The van der Waals surface area contributed by atoms with Gasteiger partial charge in [-0.1, -0.05) is 19.9 Å². The Morgan fingerprint density at radius 1 is 1.32 bits per heavy atom. The Bertz CT molecular complexity index is 441. The van der Waals surface area contributed by atoms with Gasteiger partial charge in [-0.25, -0.2) is 0 Å². The Hall–Kier alpha value is -0.780. The molecule has 0 aliphatic heterocycles. The summed E-state index contributed by atoms with van der Waals surface area (Å²) in [5.74, 6) is 1.19. The van der Waals surface area contributed by atoms with Crippen molar-refractivity contribution in [2.75, 3.05) is 11.9 Å². The van der Waals surface area contributed by atoms with Gasteiger partial charge < -0.3 is 11.1 Å². The van der Waals surface area contributed by atoms with Gasteiger partial charge in [0.2, 0.25) is 0 Å². The van der Waals surface area contributed by atoms with Crippen LogP contribution in [-0.2, 0) is 12.8 Å². The summed E-state index contributed by atoms with van der Waals surface area (Å²) in [7, 11) is 0. The van der Waals surface area contributed by atoms with Gasteiger partial charge in [0.05, 0.1) is 0 Å². The molecule has 3 nitrogen and oxygen atoms in total. The van der Waals surface area contributed by atoms with Crippen LogP contribution in [0.25, 0.3) is 0 Å². The molecule has 3 N–H and O–H groups in total. The number of nitrogens with zero attached hydrogens (tertiary/aromatic N) is 1. The van der Waals surface area contributed by atoms with Crippen molar-refractivity contribution < 1.29 is 0 Å². The average Bonchev–Trinajstić information content (AvgIpc) is 2.75. The molecule has 0 saturated carbocycles. The van der Waals surface area contributed by atoms with Crippen LogP contribution in [0.3, 0.4) is 0 Å². The summed E-state index contributed by atoms with van der Waals surface area (Å²) in [6.07, 6.45) is 4.76. The van der Waals surface area contributed by atoms with E-state index >= 15 is 0 Å². The predicted octanol–water partition coefficient (Wildman–Crippen LogP) is 3.57. The molecule has 0 unspecified atom stereocenters. The molecule has 0 aromatic heterocycles. The normalized spacial score (nSPS) is 14.2. The zero-order valence-corrected chi connectivity index (χ0v) is 14.1. The van der Waals surface area contributed by atoms with Crippen LogP contribution in [0.4, 0.5) is 5.69 Å². The van der Waals surface area contributed by atoms with Gasteiger partial charge >= 0.3 is 0 Å². The molecule has 19 heavy (non-hydrogen) atoms. The average molecular weight is 373 g/mol. The van der Waals surface area contributed by atoms with E-state index in [1.165, 1.54) is 30.4 Å². The highest BCUT2D eigenvalue weighted by atomic mass is 127. The zero-order chi connectivity index (χ0) is 13.0. The van der Waals surface area contributed by atoms with Crippen molar-refractivity contribution >= 4 is 35.6 Å². The third-order valence-electron chi connectivity index (χ3n) is 3.36. The molecule has 0 heterocycles. The second kappa shape index (κ2) is 7.72. The molecule has 1 aliphatic rings. The molecule has 0 spiro atoms. The SMILES string of the molecule is CC(C)CCN=C(N)Nc1ccc2c(c1)CCC2.I. The Morgan fingerprint density at radius 2 is 2.05 bits per heavy atom. The molecule has 0 radical (unpaired) electrons. The fourth-order valence-corrected chi connectivity index (χ4v) is 2.28. The fourth-order valence-electron chi connectivity index (χ4n) is 2.28. The van der Waals surface area contributed by atoms with E-state index in [1.807, 2.05) is 0 Å². The quantitative estimate of drug-likeness (QED) is 0.482. The molecule has 0 atom stereocenters. The van der Waals surface area contributed by atoms with Gasteiger partial charge in [0.25, 0.3) is 0 Å². The van der Waals surface area contributed by atoms with Gasteiger partial charge in [0.15, 0.2) is 5.96 Å². The third kappa shape index (κ3) is 5.01. The van der Waals surface area contributed by atoms with Crippen LogP contribution < -0.4 is 11.1 Å². The summed E-state index contributed by atoms with van der Waals surface area (Å²) in [5.41, 5.74) is 9.87. The molecule has 0 amide bonds. The van der Waals surface area contributed by atoms with Crippen molar-refractivity contribution in [1.29, 1.82) is 0 Å². The van der Waals surface area contributed by atoms with Gasteiger partial charge in [0, 0.05) is 12.2 Å². The fraction of sp³-hybridized carbons (Fsp3) is 0.533. The van der Waals surface area contributed by atoms with Crippen molar-refractivity contribution in [2.24, 2.45) is 16.6 Å². The molecule has 0 saturated heterocycles. The number of guanidine groups is 1. The topological polar surface area (TPSA) is 50.4 Å². The van der Waals surface area contributed by atoms with Crippen LogP contribution in [0.2, 0.25) is 0 Å². The van der Waals surface area contributed by atoms with Crippen LogP contribution >= 0.6 is 24.0 Å². The molecule has 2 rings (SSSR count). The summed E-state index contributed by atoms with van der Waals surface area (Å²) in [5, 5.41) is 3.17. The first-order valence-corrected chi connectivity index (χ1v) is 6.84. The molecule has 1 aromatic carbocycles. The first-order valence-electron chi connectivity index (χ1n) is 6.84. The minimum Gasteiger partial charge on any atom is -0.370 e. The van der Waals surface area contributed by atoms with Crippen molar-refractivity contribution in [3.8, 4) is 0 Å². The predicted molar refractivity (Wildman–Crippen MR) is 93.4 cm³/mol. The first-order chi connectivity index (χ1) is 8.65. The van der Waals surface area contributed by atoms with Gasteiger partial charge in [-0.15, -0.1) is 24.0 Å². The first kappa shape index (κ1) is 16.3. The second-order valence-electron chi connectivity index (χ2n) is 5.41. The van der Waals surface area contributed by atoms with Crippen molar-refractivity contribution in [1.82, 2.24) is 0 Å². The lowest BCUT2D eigenvalue weighted by Gasteiger charge is -2.08. The van der Waals surface area contributed by atoms with Crippen molar-refractivity contribution in [3.05, 3.63) is 29.3 Å². The van der Waals surface area contributed by atoms with Crippen LogP contribution in [0, 0.1) is 5.92 Å². The summed E-state index contributed by atoms with van der Waals surface area (Å²) < 4.78 is 0. The molecular formula is C15H24IN3. The number of hydrogen-bond acceptors (Lipinski definition) is 1. The minimum absolute atomic E-state index is 0. The molecule has 1 aliphatic carbocycles. The van der Waals surface area contributed by atoms with E-state index in [4.69, 9.17) is 5.73 Å². The lowest BCUT2D eigenvalue weighted by atomic mass is 10.1. The highest BCUT2D eigenvalue weighted by Gasteiger charge is 2.10. The Morgan fingerprint density at radius 3 is 2.79 bits per heavy atom. The van der Waals surface area contributed by atoms with E-state index in [-0.39, 0.29) is 24.0 Å². The zero-order valence-electron chi connectivity index (χ0n) is 11.8. The molecule has 0 fully saturated rings. The highest BCUT2D eigenvalue weighted by Crippen LogP contribution is 2.24. The van der Waals surface area contributed by atoms with Gasteiger partial charge in [-0.3, -0.25) is 4.99 Å². The maximum Gasteiger partial charge on any atom is 0.193 e. The van der Waals surface area contributed by atoms with Crippen LogP contribution in [0.15, 0.2) is 23.2 Å². The summed E-state index contributed by atoms with van der Waals surface area (Å²) in [6.45, 7) is 5.18. The van der Waals surface area contributed by atoms with Gasteiger partial charge in [-0.05, 0) is 54.9 Å². The van der Waals surface area contributed by atoms with E-state index < -0.39 is 0 Å². The number of nitrogens with two attached hydrogens (primary N) is 1. The van der Waals surface area contributed by atoms with E-state index in [2.05, 4.69) is 42.4 Å². The number of aryl methyl sites for hydroxylation is 2. The maximum absolute atomic E-state index is 5.88. The van der Waals surface area contributed by atoms with Crippen molar-refractivity contribution in [2.45, 2.75) is 39.5 Å². The lowest BCUT2D eigenvalue weighted by molar-refractivity contribution is 0.597. The number of benzene rings is 1. The standard InChI is InChI=1S/C15H23N3.HI/c1-11(2)8-9-17-15(16)18-14-7-6-12-4-3-5-13(12)10-14;/h6-7,10-11H,3-5,8-9H2,1-2H3,(H3,16,17,18);1H. The summed E-state index contributed by atoms with van der Waals surface area (Å²) >= 11 is 0. The Balaban J connectivity index is 0.00000180.